The Balaban J connectivity index is 1.67. The lowest BCUT2D eigenvalue weighted by Crippen LogP contribution is -2.33. The second-order valence-electron chi connectivity index (χ2n) is 8.65. The number of hydrogen-bond donors (Lipinski definition) is 2. The summed E-state index contributed by atoms with van der Waals surface area (Å²) in [5, 5.41) is 4.03. The fourth-order valence-corrected chi connectivity index (χ4v) is 6.22. The first-order chi connectivity index (χ1) is 16.8. The monoisotopic (exact) mass is 509 g/mol. The summed E-state index contributed by atoms with van der Waals surface area (Å²) in [6.45, 7) is 1.87. The van der Waals surface area contributed by atoms with Crippen LogP contribution < -0.4 is 10.9 Å². The van der Waals surface area contributed by atoms with E-state index in [4.69, 9.17) is 16.4 Å². The van der Waals surface area contributed by atoms with Crippen LogP contribution in [0.4, 0.5) is 5.95 Å². The highest BCUT2D eigenvalue weighted by molar-refractivity contribution is 7.92. The van der Waals surface area contributed by atoms with E-state index in [0.29, 0.717) is 51.7 Å². The smallest absolute Gasteiger partial charge is 0.260 e. The van der Waals surface area contributed by atoms with Gasteiger partial charge in [0.05, 0.1) is 17.6 Å². The summed E-state index contributed by atoms with van der Waals surface area (Å²) in [5.41, 5.74) is 3.59. The van der Waals surface area contributed by atoms with Gasteiger partial charge in [-0.25, -0.2) is 14.2 Å². The third-order valence-electron chi connectivity index (χ3n) is 6.23. The molecule has 4 heterocycles. The van der Waals surface area contributed by atoms with E-state index in [2.05, 4.69) is 25.3 Å². The van der Waals surface area contributed by atoms with Crippen molar-refractivity contribution in [1.82, 2.24) is 24.5 Å². The maximum absolute atomic E-state index is 13.9. The lowest BCUT2D eigenvalue weighted by atomic mass is 10.0. The van der Waals surface area contributed by atoms with E-state index < -0.39 is 9.73 Å². The summed E-state index contributed by atoms with van der Waals surface area (Å²) in [5.74, 6) is 0.916. The molecule has 0 radical (unpaired) electrons. The predicted octanol–water partition coefficient (Wildman–Crippen LogP) is 4.30. The van der Waals surface area contributed by atoms with Gasteiger partial charge in [-0.2, -0.15) is 4.98 Å². The van der Waals surface area contributed by atoms with Crippen molar-refractivity contribution in [3.8, 4) is 22.4 Å². The summed E-state index contributed by atoms with van der Waals surface area (Å²) in [7, 11) is -0.882. The lowest BCUT2D eigenvalue weighted by molar-refractivity contribution is 0.459. The van der Waals surface area contributed by atoms with Gasteiger partial charge in [0.1, 0.15) is 5.65 Å². The lowest BCUT2D eigenvalue weighted by Gasteiger charge is -2.27. The van der Waals surface area contributed by atoms with Crippen LogP contribution in [0, 0.1) is 11.7 Å². The van der Waals surface area contributed by atoms with Crippen molar-refractivity contribution in [2.24, 2.45) is 0 Å². The molecule has 0 saturated carbocycles. The Hall–Kier alpha value is -3.37. The summed E-state index contributed by atoms with van der Waals surface area (Å²) >= 11 is 6.70. The van der Waals surface area contributed by atoms with Crippen molar-refractivity contribution in [3.63, 3.8) is 0 Å². The van der Waals surface area contributed by atoms with Gasteiger partial charge in [-0.3, -0.25) is 19.1 Å². The molecule has 1 aliphatic rings. The Kier molecular flexibility index (Phi) is 6.02. The fourth-order valence-electron chi connectivity index (χ4n) is 4.43. The van der Waals surface area contributed by atoms with Crippen molar-refractivity contribution in [3.05, 3.63) is 63.9 Å². The maximum atomic E-state index is 13.9. The molecule has 5 rings (SSSR count). The van der Waals surface area contributed by atoms with Gasteiger partial charge in [0, 0.05) is 73.8 Å². The second-order valence-corrected chi connectivity index (χ2v) is 11.5. The van der Waals surface area contributed by atoms with Crippen molar-refractivity contribution in [2.45, 2.75) is 25.8 Å². The van der Waals surface area contributed by atoms with Crippen LogP contribution >= 0.6 is 11.6 Å². The number of pyridine rings is 1. The van der Waals surface area contributed by atoms with E-state index in [-0.39, 0.29) is 23.1 Å². The van der Waals surface area contributed by atoms with Gasteiger partial charge in [-0.15, -0.1) is 0 Å². The molecule has 2 N–H and O–H groups in total. The molecule has 3 aromatic heterocycles. The molecule has 11 heteroatoms. The van der Waals surface area contributed by atoms with Crippen LogP contribution in [0.1, 0.15) is 24.6 Å². The number of aryl methyl sites for hydroxylation is 1. The van der Waals surface area contributed by atoms with Crippen LogP contribution in [-0.2, 0) is 9.73 Å². The van der Waals surface area contributed by atoms with Crippen LogP contribution in [0.25, 0.3) is 33.4 Å². The van der Waals surface area contributed by atoms with Gasteiger partial charge in [-0.05, 0) is 31.9 Å². The molecular formula is C24H24ClN7O2S. The van der Waals surface area contributed by atoms with Crippen LogP contribution in [0.2, 0.25) is 5.02 Å². The molecule has 1 aliphatic heterocycles. The topological polar surface area (TPSA) is 127 Å². The third-order valence-corrected chi connectivity index (χ3v) is 8.34. The second kappa shape index (κ2) is 9.01. The van der Waals surface area contributed by atoms with E-state index in [1.807, 2.05) is 19.1 Å². The minimum atomic E-state index is -2.60. The number of benzene rings is 1. The summed E-state index contributed by atoms with van der Waals surface area (Å²) in [6.07, 6.45) is 5.97. The predicted molar refractivity (Wildman–Crippen MR) is 138 cm³/mol. The Morgan fingerprint density at radius 3 is 2.57 bits per heavy atom. The Morgan fingerprint density at radius 1 is 1.11 bits per heavy atom. The minimum absolute atomic E-state index is 0.218. The molecule has 0 spiro atoms. The molecule has 0 atom stereocenters. The highest BCUT2D eigenvalue weighted by Gasteiger charge is 2.27. The van der Waals surface area contributed by atoms with E-state index in [9.17, 15) is 9.00 Å². The number of nitrogens with one attached hydrogen (secondary N) is 2. The standard InChI is InChI=1S/C24H24ClN7O2S/c1-14-11-28-13-21(30-14)15-3-4-18(20(25)10-15)19-9-16-12-29-24(27-2)31-22(16)32(23(19)33)17-5-7-35(26,34)8-6-17/h3-4,9-13,17,26H,5-8H2,1-2H3,(H,27,29,31). The molecule has 1 aromatic carbocycles. The van der Waals surface area contributed by atoms with Crippen molar-refractivity contribution >= 4 is 38.3 Å². The molecule has 180 valence electrons. The molecule has 0 bridgehead atoms. The van der Waals surface area contributed by atoms with Crippen molar-refractivity contribution in [1.29, 1.82) is 4.78 Å². The Bertz CT molecular complexity index is 1600. The zero-order valence-corrected chi connectivity index (χ0v) is 20.9. The first-order valence-electron chi connectivity index (χ1n) is 11.2. The van der Waals surface area contributed by atoms with Crippen LogP contribution in [0.5, 0.6) is 0 Å². The molecule has 4 aromatic rings. The van der Waals surface area contributed by atoms with Gasteiger partial charge in [0.15, 0.2) is 0 Å². The Labute approximate surface area is 207 Å². The first kappa shape index (κ1) is 23.4. The normalized spacial score (nSPS) is 20.1. The molecule has 9 nitrogen and oxygen atoms in total. The largest absolute Gasteiger partial charge is 0.357 e. The highest BCUT2D eigenvalue weighted by Crippen LogP contribution is 2.33. The number of nitrogens with zero attached hydrogens (tertiary/aromatic N) is 5. The van der Waals surface area contributed by atoms with E-state index in [0.717, 1.165) is 11.3 Å². The molecule has 1 fully saturated rings. The SMILES string of the molecule is CNc1ncc2cc(-c3ccc(-c4cncc(C)n4)cc3Cl)c(=O)n(C3CCS(=N)(=O)CC3)c2n1. The number of halogens is 1. The maximum Gasteiger partial charge on any atom is 0.260 e. The van der Waals surface area contributed by atoms with Gasteiger partial charge >= 0.3 is 0 Å². The van der Waals surface area contributed by atoms with Crippen LogP contribution in [-0.4, -0.2) is 47.3 Å². The number of aromatic nitrogens is 5. The number of anilines is 1. The summed E-state index contributed by atoms with van der Waals surface area (Å²) < 4.78 is 21.9. The summed E-state index contributed by atoms with van der Waals surface area (Å²) in [6, 6.07) is 7.01. The van der Waals surface area contributed by atoms with E-state index >= 15 is 0 Å². The molecule has 1 saturated heterocycles. The third kappa shape index (κ3) is 4.51. The Morgan fingerprint density at radius 2 is 1.89 bits per heavy atom. The summed E-state index contributed by atoms with van der Waals surface area (Å²) in [4.78, 5) is 31.5. The number of rotatable bonds is 4. The van der Waals surface area contributed by atoms with E-state index in [1.54, 1.807) is 42.3 Å². The molecular weight excluding hydrogens is 486 g/mol. The molecule has 0 aliphatic carbocycles. The van der Waals surface area contributed by atoms with Crippen molar-refractivity contribution in [2.75, 3.05) is 23.9 Å². The highest BCUT2D eigenvalue weighted by atomic mass is 35.5. The van der Waals surface area contributed by atoms with Gasteiger partial charge in [0.2, 0.25) is 5.95 Å². The minimum Gasteiger partial charge on any atom is -0.357 e. The van der Waals surface area contributed by atoms with Crippen molar-refractivity contribution < 1.29 is 4.21 Å². The zero-order valence-electron chi connectivity index (χ0n) is 19.3. The molecule has 0 unspecified atom stereocenters. The van der Waals surface area contributed by atoms with Gasteiger partial charge in [0.25, 0.3) is 5.56 Å². The zero-order chi connectivity index (χ0) is 24.7. The first-order valence-corrected chi connectivity index (χ1v) is 13.5. The van der Waals surface area contributed by atoms with Gasteiger partial charge < -0.3 is 5.32 Å². The quantitative estimate of drug-likeness (QED) is 0.420. The van der Waals surface area contributed by atoms with Gasteiger partial charge in [-0.1, -0.05) is 23.7 Å². The number of fused-ring (bicyclic) bond motifs is 1. The molecule has 35 heavy (non-hydrogen) atoms. The van der Waals surface area contributed by atoms with Crippen LogP contribution in [0.15, 0.2) is 47.7 Å². The number of hydrogen-bond acceptors (Lipinski definition) is 8. The fraction of sp³-hybridized carbons (Fsp3) is 0.292. The average molecular weight is 510 g/mol. The molecule has 0 amide bonds. The van der Waals surface area contributed by atoms with E-state index in [1.165, 1.54) is 0 Å². The average Bonchev–Trinajstić information content (AvgIpc) is 2.84. The van der Waals surface area contributed by atoms with Crippen LogP contribution in [0.3, 0.4) is 0 Å².